The van der Waals surface area contributed by atoms with Gasteiger partial charge in [-0.05, 0) is 54.9 Å². The van der Waals surface area contributed by atoms with Crippen LogP contribution in [0.5, 0.6) is 0 Å². The average Bonchev–Trinajstić information content (AvgIpc) is 3.20. The molecule has 0 aliphatic carbocycles. The molecule has 2 atom stereocenters. The van der Waals surface area contributed by atoms with Crippen LogP contribution in [0.1, 0.15) is 68.4 Å². The summed E-state index contributed by atoms with van der Waals surface area (Å²) in [6.07, 6.45) is 8.17. The molecule has 2 unspecified atom stereocenters. The number of carbonyl (C=O) groups is 1. The quantitative estimate of drug-likeness (QED) is 0.824. The zero-order valence-corrected chi connectivity index (χ0v) is 15.4. The van der Waals surface area contributed by atoms with Crippen molar-refractivity contribution in [2.24, 2.45) is 0 Å². The maximum atomic E-state index is 13.1. The first-order valence-corrected chi connectivity index (χ1v) is 9.36. The third kappa shape index (κ3) is 2.99. The van der Waals surface area contributed by atoms with Crippen LogP contribution in [0.4, 0.5) is 0 Å². The highest BCUT2D eigenvalue weighted by molar-refractivity contribution is 5.95. The molecular formula is C21H27N3O. The van der Waals surface area contributed by atoms with Gasteiger partial charge in [-0.25, -0.2) is 0 Å². The number of amides is 1. The first kappa shape index (κ1) is 16.4. The smallest absolute Gasteiger partial charge is 0.254 e. The van der Waals surface area contributed by atoms with Crippen molar-refractivity contribution in [3.8, 4) is 0 Å². The predicted octanol–water partition coefficient (Wildman–Crippen LogP) is 4.19. The van der Waals surface area contributed by atoms with Gasteiger partial charge in [-0.15, -0.1) is 0 Å². The van der Waals surface area contributed by atoms with Crippen LogP contribution in [0, 0.1) is 0 Å². The van der Waals surface area contributed by atoms with Gasteiger partial charge in [-0.1, -0.05) is 32.9 Å². The van der Waals surface area contributed by atoms with E-state index in [1.54, 1.807) is 0 Å². The number of piperidine rings is 1. The van der Waals surface area contributed by atoms with E-state index in [4.69, 9.17) is 0 Å². The summed E-state index contributed by atoms with van der Waals surface area (Å²) < 4.78 is 2.07. The Kier molecular flexibility index (Phi) is 3.94. The van der Waals surface area contributed by atoms with Crippen LogP contribution in [-0.2, 0) is 5.41 Å². The van der Waals surface area contributed by atoms with Gasteiger partial charge in [-0.3, -0.25) is 9.48 Å². The second-order valence-corrected chi connectivity index (χ2v) is 8.54. The molecule has 2 aromatic rings. The van der Waals surface area contributed by atoms with Gasteiger partial charge >= 0.3 is 0 Å². The van der Waals surface area contributed by atoms with Gasteiger partial charge in [0.15, 0.2) is 0 Å². The second-order valence-electron chi connectivity index (χ2n) is 8.54. The van der Waals surface area contributed by atoms with Crippen LogP contribution in [0.2, 0.25) is 0 Å². The van der Waals surface area contributed by atoms with Gasteiger partial charge in [0.25, 0.3) is 5.91 Å². The molecule has 2 fully saturated rings. The molecule has 4 nitrogen and oxygen atoms in total. The van der Waals surface area contributed by atoms with E-state index in [2.05, 4.69) is 47.6 Å². The summed E-state index contributed by atoms with van der Waals surface area (Å²) in [6, 6.07) is 11.3. The summed E-state index contributed by atoms with van der Waals surface area (Å²) in [6.45, 7) is 6.60. The Labute approximate surface area is 149 Å². The highest BCUT2D eigenvalue weighted by Crippen LogP contribution is 2.41. The normalized spacial score (nSPS) is 26.0. The minimum atomic E-state index is 0.114. The van der Waals surface area contributed by atoms with Crippen LogP contribution >= 0.6 is 0 Å². The SMILES string of the molecule is CC(C)(C)c1ccc(C(=O)N2C3CCC2CC(n2cccn2)C3)cc1. The monoisotopic (exact) mass is 337 g/mol. The van der Waals surface area contributed by atoms with Crippen molar-refractivity contribution in [3.05, 3.63) is 53.9 Å². The fourth-order valence-electron chi connectivity index (χ4n) is 4.45. The molecule has 0 radical (unpaired) electrons. The van der Waals surface area contributed by atoms with Crippen molar-refractivity contribution >= 4 is 5.91 Å². The Hall–Kier alpha value is -2.10. The molecule has 4 heteroatoms. The standard InChI is InChI=1S/C21H27N3O/c1-21(2,3)16-7-5-15(6-8-16)20(25)24-17-9-10-18(24)14-19(13-17)23-12-4-11-22-23/h4-8,11-12,17-19H,9-10,13-14H2,1-3H3. The number of benzene rings is 1. The first-order chi connectivity index (χ1) is 11.9. The van der Waals surface area contributed by atoms with E-state index >= 15 is 0 Å². The molecule has 2 bridgehead atoms. The molecule has 4 rings (SSSR count). The molecule has 2 saturated heterocycles. The van der Waals surface area contributed by atoms with Crippen molar-refractivity contribution in [1.82, 2.24) is 14.7 Å². The molecule has 1 aromatic carbocycles. The summed E-state index contributed by atoms with van der Waals surface area (Å²) in [5.74, 6) is 0.201. The van der Waals surface area contributed by atoms with Crippen LogP contribution in [-0.4, -0.2) is 32.7 Å². The van der Waals surface area contributed by atoms with E-state index in [-0.39, 0.29) is 11.3 Å². The van der Waals surface area contributed by atoms with Crippen LogP contribution < -0.4 is 0 Å². The zero-order chi connectivity index (χ0) is 17.6. The van der Waals surface area contributed by atoms with Crippen molar-refractivity contribution in [2.75, 3.05) is 0 Å². The van der Waals surface area contributed by atoms with Crippen LogP contribution in [0.25, 0.3) is 0 Å². The molecular weight excluding hydrogens is 310 g/mol. The topological polar surface area (TPSA) is 38.1 Å². The fourth-order valence-corrected chi connectivity index (χ4v) is 4.45. The molecule has 0 N–H and O–H groups in total. The zero-order valence-electron chi connectivity index (χ0n) is 15.4. The molecule has 1 amide bonds. The van der Waals surface area contributed by atoms with Gasteiger partial charge in [0.2, 0.25) is 0 Å². The van der Waals surface area contributed by atoms with E-state index in [0.29, 0.717) is 18.1 Å². The lowest BCUT2D eigenvalue weighted by Gasteiger charge is -2.39. The van der Waals surface area contributed by atoms with Crippen LogP contribution in [0.15, 0.2) is 42.7 Å². The van der Waals surface area contributed by atoms with Crippen molar-refractivity contribution < 1.29 is 4.79 Å². The summed E-state index contributed by atoms with van der Waals surface area (Å²) in [4.78, 5) is 15.3. The Morgan fingerprint density at radius 2 is 1.68 bits per heavy atom. The van der Waals surface area contributed by atoms with E-state index in [1.165, 1.54) is 5.56 Å². The van der Waals surface area contributed by atoms with Crippen molar-refractivity contribution in [3.63, 3.8) is 0 Å². The summed E-state index contributed by atoms with van der Waals surface area (Å²) in [7, 11) is 0. The molecule has 2 aliphatic heterocycles. The van der Waals surface area contributed by atoms with Crippen LogP contribution in [0.3, 0.4) is 0 Å². The highest BCUT2D eigenvalue weighted by atomic mass is 16.2. The summed E-state index contributed by atoms with van der Waals surface area (Å²) >= 11 is 0. The molecule has 2 aliphatic rings. The Bertz CT molecular complexity index is 728. The summed E-state index contributed by atoms with van der Waals surface area (Å²) in [5, 5.41) is 4.41. The van der Waals surface area contributed by atoms with E-state index in [1.807, 2.05) is 30.6 Å². The number of nitrogens with zero attached hydrogens (tertiary/aromatic N) is 3. The van der Waals surface area contributed by atoms with Gasteiger partial charge in [0.05, 0.1) is 6.04 Å². The lowest BCUT2D eigenvalue weighted by molar-refractivity contribution is 0.0524. The lowest BCUT2D eigenvalue weighted by atomic mass is 9.86. The second kappa shape index (κ2) is 6.01. The Balaban J connectivity index is 1.52. The Morgan fingerprint density at radius 3 is 2.20 bits per heavy atom. The van der Waals surface area contributed by atoms with Crippen molar-refractivity contribution in [1.29, 1.82) is 0 Å². The van der Waals surface area contributed by atoms with Gasteiger partial charge in [0.1, 0.15) is 0 Å². The number of hydrogen-bond acceptors (Lipinski definition) is 2. The number of rotatable bonds is 2. The number of hydrogen-bond donors (Lipinski definition) is 0. The lowest BCUT2D eigenvalue weighted by Crippen LogP contribution is -2.47. The molecule has 1 aromatic heterocycles. The minimum absolute atomic E-state index is 0.114. The number of aromatic nitrogens is 2. The maximum absolute atomic E-state index is 13.1. The molecule has 132 valence electrons. The molecule has 3 heterocycles. The number of fused-ring (bicyclic) bond motifs is 2. The van der Waals surface area contributed by atoms with Crippen molar-refractivity contribution in [2.45, 2.75) is 70.0 Å². The average molecular weight is 337 g/mol. The predicted molar refractivity (Wildman–Crippen MR) is 98.6 cm³/mol. The largest absolute Gasteiger partial charge is 0.333 e. The minimum Gasteiger partial charge on any atom is -0.333 e. The maximum Gasteiger partial charge on any atom is 0.254 e. The molecule has 25 heavy (non-hydrogen) atoms. The fraction of sp³-hybridized carbons (Fsp3) is 0.524. The summed E-state index contributed by atoms with van der Waals surface area (Å²) in [5.41, 5.74) is 2.20. The number of carbonyl (C=O) groups excluding carboxylic acids is 1. The molecule has 0 spiro atoms. The van der Waals surface area contributed by atoms with Gasteiger partial charge < -0.3 is 4.90 Å². The highest BCUT2D eigenvalue weighted by Gasteiger charge is 2.44. The van der Waals surface area contributed by atoms with E-state index < -0.39 is 0 Å². The molecule has 0 saturated carbocycles. The Morgan fingerprint density at radius 1 is 1.04 bits per heavy atom. The third-order valence-electron chi connectivity index (χ3n) is 5.84. The first-order valence-electron chi connectivity index (χ1n) is 9.36. The van der Waals surface area contributed by atoms with Gasteiger partial charge in [-0.2, -0.15) is 5.10 Å². The third-order valence-corrected chi connectivity index (χ3v) is 5.84. The van der Waals surface area contributed by atoms with E-state index in [9.17, 15) is 4.79 Å². The van der Waals surface area contributed by atoms with E-state index in [0.717, 1.165) is 31.2 Å². The van der Waals surface area contributed by atoms with Gasteiger partial charge in [0, 0.05) is 30.0 Å².